The summed E-state index contributed by atoms with van der Waals surface area (Å²) in [5.41, 5.74) is 2.81. The molecular weight excluding hydrogens is 220 g/mol. The molecule has 18 heavy (non-hydrogen) atoms. The van der Waals surface area contributed by atoms with Crippen molar-refractivity contribution in [3.63, 3.8) is 0 Å². The second kappa shape index (κ2) is 5.44. The van der Waals surface area contributed by atoms with E-state index in [0.717, 1.165) is 17.4 Å². The molecule has 1 saturated carbocycles. The molecule has 1 aliphatic carbocycles. The van der Waals surface area contributed by atoms with Gasteiger partial charge < -0.3 is 5.11 Å². The zero-order valence-corrected chi connectivity index (χ0v) is 11.9. The number of aliphatic hydroxyl groups is 1. The lowest BCUT2D eigenvalue weighted by atomic mass is 9.66. The smallest absolute Gasteiger partial charge is 0.0681 e. The minimum atomic E-state index is 0.145. The predicted octanol–water partition coefficient (Wildman–Crippen LogP) is 4.28. The van der Waals surface area contributed by atoms with E-state index >= 15 is 0 Å². The molecule has 0 bridgehead atoms. The summed E-state index contributed by atoms with van der Waals surface area (Å²) >= 11 is 0. The number of benzene rings is 1. The number of hydrogen-bond acceptors (Lipinski definition) is 1. The van der Waals surface area contributed by atoms with Crippen LogP contribution in [0.25, 0.3) is 0 Å². The van der Waals surface area contributed by atoms with Crippen molar-refractivity contribution in [1.29, 1.82) is 0 Å². The zero-order chi connectivity index (χ0) is 13.2. The van der Waals surface area contributed by atoms with Crippen molar-refractivity contribution in [2.24, 2.45) is 11.8 Å². The Morgan fingerprint density at radius 1 is 1.17 bits per heavy atom. The average molecular weight is 246 g/mol. The Morgan fingerprint density at radius 3 is 2.17 bits per heavy atom. The van der Waals surface area contributed by atoms with Crippen molar-refractivity contribution in [3.8, 4) is 0 Å². The van der Waals surface area contributed by atoms with Gasteiger partial charge in [0.1, 0.15) is 0 Å². The second-order valence-electron chi connectivity index (χ2n) is 6.50. The molecule has 0 spiro atoms. The molecule has 0 aliphatic heterocycles. The van der Waals surface area contributed by atoms with Gasteiger partial charge in [0.05, 0.1) is 6.61 Å². The molecule has 1 fully saturated rings. The molecule has 1 N–H and O–H groups in total. The SMILES string of the molecule is CC(C)C1CCC(C)(c2ccc(CO)cc2)CC1. The van der Waals surface area contributed by atoms with Gasteiger partial charge in [-0.05, 0) is 54.1 Å². The first kappa shape index (κ1) is 13.6. The highest BCUT2D eigenvalue weighted by Crippen LogP contribution is 2.43. The first-order chi connectivity index (χ1) is 8.55. The van der Waals surface area contributed by atoms with Crippen molar-refractivity contribution in [2.75, 3.05) is 0 Å². The average Bonchev–Trinajstić information content (AvgIpc) is 2.39. The molecule has 0 unspecified atom stereocenters. The van der Waals surface area contributed by atoms with E-state index < -0.39 is 0 Å². The van der Waals surface area contributed by atoms with Crippen LogP contribution in [0.5, 0.6) is 0 Å². The third-order valence-corrected chi connectivity index (χ3v) is 4.91. The van der Waals surface area contributed by atoms with Gasteiger partial charge in [-0.25, -0.2) is 0 Å². The lowest BCUT2D eigenvalue weighted by molar-refractivity contribution is 0.204. The van der Waals surface area contributed by atoms with Crippen molar-refractivity contribution < 1.29 is 5.11 Å². The molecule has 1 aliphatic rings. The lowest BCUT2D eigenvalue weighted by Gasteiger charge is -2.39. The predicted molar refractivity (Wildman–Crippen MR) is 76.5 cm³/mol. The summed E-state index contributed by atoms with van der Waals surface area (Å²) in [6.07, 6.45) is 5.31. The summed E-state index contributed by atoms with van der Waals surface area (Å²) in [6, 6.07) is 8.55. The minimum absolute atomic E-state index is 0.145. The second-order valence-corrected chi connectivity index (χ2v) is 6.50. The Kier molecular flexibility index (Phi) is 4.11. The van der Waals surface area contributed by atoms with Crippen LogP contribution in [0.2, 0.25) is 0 Å². The highest BCUT2D eigenvalue weighted by molar-refractivity contribution is 5.29. The molecule has 0 aromatic heterocycles. The van der Waals surface area contributed by atoms with E-state index in [4.69, 9.17) is 5.11 Å². The fraction of sp³-hybridized carbons (Fsp3) is 0.647. The van der Waals surface area contributed by atoms with Crippen LogP contribution in [-0.4, -0.2) is 5.11 Å². The zero-order valence-electron chi connectivity index (χ0n) is 11.9. The maximum atomic E-state index is 9.10. The molecule has 1 nitrogen and oxygen atoms in total. The lowest BCUT2D eigenvalue weighted by Crippen LogP contribution is -2.30. The van der Waals surface area contributed by atoms with Crippen molar-refractivity contribution in [3.05, 3.63) is 35.4 Å². The summed E-state index contributed by atoms with van der Waals surface area (Å²) in [4.78, 5) is 0. The van der Waals surface area contributed by atoms with Crippen LogP contribution >= 0.6 is 0 Å². The normalized spacial score (nSPS) is 28.6. The Morgan fingerprint density at radius 2 is 1.72 bits per heavy atom. The summed E-state index contributed by atoms with van der Waals surface area (Å²) in [5, 5.41) is 9.10. The molecule has 1 heteroatoms. The van der Waals surface area contributed by atoms with Crippen molar-refractivity contribution in [2.45, 2.75) is 58.5 Å². The molecule has 100 valence electrons. The molecule has 0 radical (unpaired) electrons. The van der Waals surface area contributed by atoms with Gasteiger partial charge in [-0.1, -0.05) is 45.0 Å². The highest BCUT2D eigenvalue weighted by atomic mass is 16.3. The number of aliphatic hydroxyl groups excluding tert-OH is 1. The standard InChI is InChI=1S/C17H26O/c1-13(2)15-8-10-17(3,11-9-15)16-6-4-14(12-18)5-7-16/h4-7,13,15,18H,8-12H2,1-3H3. The monoisotopic (exact) mass is 246 g/mol. The van der Waals surface area contributed by atoms with E-state index in [-0.39, 0.29) is 6.61 Å². The summed E-state index contributed by atoms with van der Waals surface area (Å²) in [6.45, 7) is 7.25. The van der Waals surface area contributed by atoms with Crippen LogP contribution in [0.1, 0.15) is 57.6 Å². The van der Waals surface area contributed by atoms with Crippen LogP contribution in [0.15, 0.2) is 24.3 Å². The molecule has 1 aromatic carbocycles. The van der Waals surface area contributed by atoms with E-state index in [1.54, 1.807) is 0 Å². The Bertz CT molecular complexity index is 369. The largest absolute Gasteiger partial charge is 0.392 e. The quantitative estimate of drug-likeness (QED) is 0.844. The Balaban J connectivity index is 2.08. The fourth-order valence-corrected chi connectivity index (χ4v) is 3.25. The first-order valence-electron chi connectivity index (χ1n) is 7.25. The van der Waals surface area contributed by atoms with Crippen LogP contribution in [-0.2, 0) is 12.0 Å². The molecular formula is C17H26O. The maximum Gasteiger partial charge on any atom is 0.0681 e. The van der Waals surface area contributed by atoms with Gasteiger partial charge in [-0.15, -0.1) is 0 Å². The third-order valence-electron chi connectivity index (χ3n) is 4.91. The number of rotatable bonds is 3. The van der Waals surface area contributed by atoms with Gasteiger partial charge in [0.25, 0.3) is 0 Å². The number of hydrogen-bond donors (Lipinski definition) is 1. The molecule has 0 heterocycles. The highest BCUT2D eigenvalue weighted by Gasteiger charge is 2.33. The summed E-state index contributed by atoms with van der Waals surface area (Å²) in [5.74, 6) is 1.74. The molecule has 0 atom stereocenters. The van der Waals surface area contributed by atoms with E-state index in [0.29, 0.717) is 5.41 Å². The molecule has 0 saturated heterocycles. The third kappa shape index (κ3) is 2.77. The Hall–Kier alpha value is -0.820. The van der Waals surface area contributed by atoms with Crippen LogP contribution in [0.3, 0.4) is 0 Å². The van der Waals surface area contributed by atoms with Gasteiger partial charge in [-0.3, -0.25) is 0 Å². The van der Waals surface area contributed by atoms with Gasteiger partial charge in [0.2, 0.25) is 0 Å². The van der Waals surface area contributed by atoms with Crippen LogP contribution < -0.4 is 0 Å². The van der Waals surface area contributed by atoms with Crippen LogP contribution in [0, 0.1) is 11.8 Å². The van der Waals surface area contributed by atoms with Crippen LogP contribution in [0.4, 0.5) is 0 Å². The van der Waals surface area contributed by atoms with E-state index in [1.165, 1.54) is 31.2 Å². The molecule has 0 amide bonds. The summed E-state index contributed by atoms with van der Waals surface area (Å²) < 4.78 is 0. The van der Waals surface area contributed by atoms with Crippen molar-refractivity contribution >= 4 is 0 Å². The minimum Gasteiger partial charge on any atom is -0.392 e. The summed E-state index contributed by atoms with van der Waals surface area (Å²) in [7, 11) is 0. The van der Waals surface area contributed by atoms with Gasteiger partial charge in [-0.2, -0.15) is 0 Å². The Labute approximate surface area is 111 Å². The maximum absolute atomic E-state index is 9.10. The molecule has 2 rings (SSSR count). The first-order valence-corrected chi connectivity index (χ1v) is 7.25. The van der Waals surface area contributed by atoms with E-state index in [1.807, 2.05) is 0 Å². The van der Waals surface area contributed by atoms with E-state index in [9.17, 15) is 0 Å². The van der Waals surface area contributed by atoms with Crippen molar-refractivity contribution in [1.82, 2.24) is 0 Å². The van der Waals surface area contributed by atoms with Gasteiger partial charge >= 0.3 is 0 Å². The fourth-order valence-electron chi connectivity index (χ4n) is 3.25. The van der Waals surface area contributed by atoms with Gasteiger partial charge in [0.15, 0.2) is 0 Å². The molecule has 1 aromatic rings. The van der Waals surface area contributed by atoms with Gasteiger partial charge in [0, 0.05) is 0 Å². The van der Waals surface area contributed by atoms with E-state index in [2.05, 4.69) is 45.0 Å². The topological polar surface area (TPSA) is 20.2 Å².